The van der Waals surface area contributed by atoms with E-state index in [4.69, 9.17) is 20.0 Å². The first-order valence-corrected chi connectivity index (χ1v) is 5.91. The first kappa shape index (κ1) is 11.7. The second kappa shape index (κ2) is 4.62. The standard InChI is InChI=1S/C10H12N4O2S/c1-5-3-7(6(2)15-5)9-14-13-8(16-9)4-17-10(11)12/h3H,4H2,1-2H3,(H3,11,12). The maximum absolute atomic E-state index is 7.09. The van der Waals surface area contributed by atoms with Gasteiger partial charge in [-0.15, -0.1) is 10.2 Å². The Hall–Kier alpha value is -1.76. The molecular weight excluding hydrogens is 240 g/mol. The van der Waals surface area contributed by atoms with Gasteiger partial charge in [-0.25, -0.2) is 0 Å². The van der Waals surface area contributed by atoms with E-state index in [0.717, 1.165) is 28.8 Å². The summed E-state index contributed by atoms with van der Waals surface area (Å²) in [6.45, 7) is 3.70. The zero-order valence-electron chi connectivity index (χ0n) is 9.48. The third-order valence-corrected chi connectivity index (χ3v) is 2.79. The number of rotatable bonds is 3. The van der Waals surface area contributed by atoms with Crippen LogP contribution in [0.5, 0.6) is 0 Å². The average molecular weight is 252 g/mol. The minimum Gasteiger partial charge on any atom is -0.466 e. The second-order valence-corrected chi connectivity index (χ2v) is 4.50. The first-order valence-electron chi connectivity index (χ1n) is 4.93. The molecule has 7 heteroatoms. The lowest BCUT2D eigenvalue weighted by atomic mass is 10.2. The maximum Gasteiger partial charge on any atom is 0.251 e. The molecule has 90 valence electrons. The summed E-state index contributed by atoms with van der Waals surface area (Å²) in [5.41, 5.74) is 6.03. The van der Waals surface area contributed by atoms with E-state index in [1.807, 2.05) is 19.9 Å². The molecule has 17 heavy (non-hydrogen) atoms. The van der Waals surface area contributed by atoms with Crippen LogP contribution in [0.3, 0.4) is 0 Å². The normalized spacial score (nSPS) is 10.7. The van der Waals surface area contributed by atoms with Crippen molar-refractivity contribution in [2.24, 2.45) is 5.73 Å². The number of aryl methyl sites for hydroxylation is 2. The van der Waals surface area contributed by atoms with Crippen molar-refractivity contribution in [3.63, 3.8) is 0 Å². The van der Waals surface area contributed by atoms with E-state index in [-0.39, 0.29) is 5.17 Å². The van der Waals surface area contributed by atoms with E-state index in [9.17, 15) is 0 Å². The van der Waals surface area contributed by atoms with Crippen molar-refractivity contribution in [1.29, 1.82) is 5.41 Å². The van der Waals surface area contributed by atoms with Crippen LogP contribution in [0.2, 0.25) is 0 Å². The molecule has 0 atom stereocenters. The topological polar surface area (TPSA) is 102 Å². The fourth-order valence-corrected chi connectivity index (χ4v) is 1.80. The molecule has 0 saturated carbocycles. The SMILES string of the molecule is Cc1cc(-c2nnc(CSC(=N)N)o2)c(C)o1. The number of hydrogen-bond acceptors (Lipinski definition) is 6. The molecule has 0 unspecified atom stereocenters. The molecule has 0 spiro atoms. The van der Waals surface area contributed by atoms with E-state index < -0.39 is 0 Å². The Morgan fingerprint density at radius 2 is 2.18 bits per heavy atom. The van der Waals surface area contributed by atoms with E-state index >= 15 is 0 Å². The number of hydrogen-bond donors (Lipinski definition) is 2. The van der Waals surface area contributed by atoms with Crippen molar-refractivity contribution >= 4 is 16.9 Å². The van der Waals surface area contributed by atoms with Gasteiger partial charge < -0.3 is 14.6 Å². The van der Waals surface area contributed by atoms with E-state index in [1.165, 1.54) is 0 Å². The van der Waals surface area contributed by atoms with Crippen LogP contribution >= 0.6 is 11.8 Å². The van der Waals surface area contributed by atoms with Gasteiger partial charge in [0.15, 0.2) is 5.17 Å². The highest BCUT2D eigenvalue weighted by molar-refractivity contribution is 8.12. The highest BCUT2D eigenvalue weighted by atomic mass is 32.2. The molecule has 3 N–H and O–H groups in total. The Labute approximate surface area is 102 Å². The molecule has 0 aliphatic rings. The zero-order valence-corrected chi connectivity index (χ0v) is 10.3. The molecule has 6 nitrogen and oxygen atoms in total. The molecule has 0 amide bonds. The minimum atomic E-state index is 0.0279. The fourth-order valence-electron chi connectivity index (χ4n) is 1.40. The highest BCUT2D eigenvalue weighted by Crippen LogP contribution is 2.26. The van der Waals surface area contributed by atoms with Crippen LogP contribution in [0.25, 0.3) is 11.5 Å². The Morgan fingerprint density at radius 3 is 2.76 bits per heavy atom. The summed E-state index contributed by atoms with van der Waals surface area (Å²) in [5.74, 6) is 2.82. The molecule has 0 aromatic carbocycles. The van der Waals surface area contributed by atoms with Gasteiger partial charge in [0.05, 0.1) is 11.3 Å². The fraction of sp³-hybridized carbons (Fsp3) is 0.300. The quantitative estimate of drug-likeness (QED) is 0.640. The van der Waals surface area contributed by atoms with Gasteiger partial charge in [-0.2, -0.15) is 0 Å². The lowest BCUT2D eigenvalue weighted by molar-refractivity contribution is 0.499. The number of nitrogens with one attached hydrogen (secondary N) is 1. The van der Waals surface area contributed by atoms with Gasteiger partial charge >= 0.3 is 0 Å². The van der Waals surface area contributed by atoms with Crippen molar-refractivity contribution < 1.29 is 8.83 Å². The lowest BCUT2D eigenvalue weighted by Crippen LogP contribution is -2.03. The summed E-state index contributed by atoms with van der Waals surface area (Å²) in [6, 6.07) is 1.85. The van der Waals surface area contributed by atoms with E-state index in [2.05, 4.69) is 10.2 Å². The second-order valence-electron chi connectivity index (χ2n) is 3.48. The average Bonchev–Trinajstić information content (AvgIpc) is 2.82. The van der Waals surface area contributed by atoms with Crippen molar-refractivity contribution in [2.75, 3.05) is 0 Å². The number of nitrogens with two attached hydrogens (primary N) is 1. The zero-order chi connectivity index (χ0) is 12.4. The molecule has 2 aromatic heterocycles. The van der Waals surface area contributed by atoms with Crippen LogP contribution < -0.4 is 5.73 Å². The minimum absolute atomic E-state index is 0.0279. The molecule has 0 radical (unpaired) electrons. The van der Waals surface area contributed by atoms with Gasteiger partial charge in [-0.3, -0.25) is 5.41 Å². The smallest absolute Gasteiger partial charge is 0.251 e. The van der Waals surface area contributed by atoms with Gasteiger partial charge in [-0.1, -0.05) is 11.8 Å². The third kappa shape index (κ3) is 2.68. The van der Waals surface area contributed by atoms with Crippen molar-refractivity contribution in [2.45, 2.75) is 19.6 Å². The number of nitrogens with zero attached hydrogens (tertiary/aromatic N) is 2. The molecule has 0 aliphatic carbocycles. The summed E-state index contributed by atoms with van der Waals surface area (Å²) in [4.78, 5) is 0. The highest BCUT2D eigenvalue weighted by Gasteiger charge is 2.14. The predicted molar refractivity (Wildman–Crippen MR) is 64.7 cm³/mol. The number of furan rings is 1. The van der Waals surface area contributed by atoms with Gasteiger partial charge in [0.25, 0.3) is 5.89 Å². The Balaban J connectivity index is 2.18. The number of aromatic nitrogens is 2. The molecule has 0 aliphatic heterocycles. The number of thioether (sulfide) groups is 1. The molecule has 2 heterocycles. The van der Waals surface area contributed by atoms with Crippen LogP contribution in [0.1, 0.15) is 17.4 Å². The van der Waals surface area contributed by atoms with Crippen LogP contribution in [0.15, 0.2) is 14.9 Å². The van der Waals surface area contributed by atoms with E-state index in [0.29, 0.717) is 17.5 Å². The Kier molecular flexibility index (Phi) is 3.19. The molecular formula is C10H12N4O2S. The number of amidine groups is 1. The third-order valence-electron chi connectivity index (χ3n) is 2.09. The summed E-state index contributed by atoms with van der Waals surface area (Å²) >= 11 is 1.14. The first-order chi connectivity index (χ1) is 8.06. The predicted octanol–water partition coefficient (Wildman–Crippen LogP) is 2.07. The van der Waals surface area contributed by atoms with Crippen molar-refractivity contribution in [3.8, 4) is 11.5 Å². The monoisotopic (exact) mass is 252 g/mol. The van der Waals surface area contributed by atoms with Crippen molar-refractivity contribution in [3.05, 3.63) is 23.5 Å². The molecule has 2 aromatic rings. The van der Waals surface area contributed by atoms with Crippen LogP contribution in [0.4, 0.5) is 0 Å². The van der Waals surface area contributed by atoms with Gasteiger partial charge in [0.2, 0.25) is 5.89 Å². The molecule has 0 fully saturated rings. The van der Waals surface area contributed by atoms with Crippen LogP contribution in [-0.2, 0) is 5.75 Å². The van der Waals surface area contributed by atoms with Gasteiger partial charge in [0.1, 0.15) is 11.5 Å². The Bertz CT molecular complexity index is 546. The molecule has 2 rings (SSSR count). The van der Waals surface area contributed by atoms with Gasteiger partial charge in [-0.05, 0) is 19.9 Å². The molecule has 0 bridgehead atoms. The largest absolute Gasteiger partial charge is 0.466 e. The maximum atomic E-state index is 7.09. The summed E-state index contributed by atoms with van der Waals surface area (Å²) < 4.78 is 10.8. The van der Waals surface area contributed by atoms with Crippen LogP contribution in [-0.4, -0.2) is 15.4 Å². The summed E-state index contributed by atoms with van der Waals surface area (Å²) in [5, 5.41) is 14.9. The lowest BCUT2D eigenvalue weighted by Gasteiger charge is -1.92. The summed E-state index contributed by atoms with van der Waals surface area (Å²) in [6.07, 6.45) is 0. The van der Waals surface area contributed by atoms with Crippen molar-refractivity contribution in [1.82, 2.24) is 10.2 Å². The molecule has 0 saturated heterocycles. The van der Waals surface area contributed by atoms with E-state index in [1.54, 1.807) is 0 Å². The Morgan fingerprint density at radius 1 is 1.41 bits per heavy atom. The summed E-state index contributed by atoms with van der Waals surface area (Å²) in [7, 11) is 0. The van der Waals surface area contributed by atoms with Crippen LogP contribution in [0, 0.1) is 19.3 Å². The van der Waals surface area contributed by atoms with Gasteiger partial charge in [0, 0.05) is 0 Å².